The van der Waals surface area contributed by atoms with Gasteiger partial charge in [-0.05, 0) is 50.4 Å². The number of hydrogen-bond donors (Lipinski definition) is 2. The van der Waals surface area contributed by atoms with Crippen molar-refractivity contribution in [3.63, 3.8) is 0 Å². The Bertz CT molecular complexity index is 514. The van der Waals surface area contributed by atoms with Gasteiger partial charge in [-0.15, -0.1) is 0 Å². The summed E-state index contributed by atoms with van der Waals surface area (Å²) in [7, 11) is 0. The molecule has 1 aromatic carbocycles. The van der Waals surface area contributed by atoms with Crippen molar-refractivity contribution in [3.8, 4) is 0 Å². The van der Waals surface area contributed by atoms with Crippen LogP contribution in [0.25, 0.3) is 0 Å². The third kappa shape index (κ3) is 4.04. The summed E-state index contributed by atoms with van der Waals surface area (Å²) < 4.78 is 0. The van der Waals surface area contributed by atoms with E-state index in [0.717, 1.165) is 32.2 Å². The highest BCUT2D eigenvalue weighted by molar-refractivity contribution is 5.97. The van der Waals surface area contributed by atoms with Gasteiger partial charge in [-0.25, -0.2) is 0 Å². The van der Waals surface area contributed by atoms with Crippen molar-refractivity contribution in [1.82, 2.24) is 4.90 Å². The van der Waals surface area contributed by atoms with E-state index in [9.17, 15) is 9.59 Å². The molecule has 3 N–H and O–H groups in total. The van der Waals surface area contributed by atoms with E-state index in [2.05, 4.69) is 5.32 Å². The molecule has 0 bridgehead atoms. The summed E-state index contributed by atoms with van der Waals surface area (Å²) in [6, 6.07) is 7.34. The van der Waals surface area contributed by atoms with Crippen LogP contribution in [0.4, 0.5) is 5.69 Å². The van der Waals surface area contributed by atoms with Crippen LogP contribution in [0.2, 0.25) is 0 Å². The molecule has 2 amide bonds. The van der Waals surface area contributed by atoms with E-state index >= 15 is 0 Å². The largest absolute Gasteiger partial charge is 0.336 e. The van der Waals surface area contributed by atoms with Gasteiger partial charge in [0.2, 0.25) is 5.91 Å². The number of likely N-dealkylation sites (tertiary alicyclic amines) is 1. The Balaban J connectivity index is 2.15. The second kappa shape index (κ2) is 7.22. The topological polar surface area (TPSA) is 75.4 Å². The van der Waals surface area contributed by atoms with Gasteiger partial charge >= 0.3 is 0 Å². The first-order chi connectivity index (χ1) is 10.1. The standard InChI is InChI=1S/C16H23N3O2/c1-12(20)18-14-6-4-5-13(11-14)16(21)19-10-3-2-7-15(19)8-9-17/h4-6,11,15H,2-3,7-10,17H2,1H3,(H,18,20). The molecule has 0 saturated carbocycles. The summed E-state index contributed by atoms with van der Waals surface area (Å²) in [5, 5.41) is 2.71. The first-order valence-electron chi connectivity index (χ1n) is 7.50. The van der Waals surface area contributed by atoms with Crippen LogP contribution in [0.3, 0.4) is 0 Å². The van der Waals surface area contributed by atoms with Crippen molar-refractivity contribution < 1.29 is 9.59 Å². The predicted octanol–water partition coefficient (Wildman–Crippen LogP) is 1.99. The summed E-state index contributed by atoms with van der Waals surface area (Å²) in [5.74, 6) is -0.112. The molecule has 1 unspecified atom stereocenters. The van der Waals surface area contributed by atoms with Crippen LogP contribution in [0.1, 0.15) is 43.0 Å². The Hall–Kier alpha value is -1.88. The van der Waals surface area contributed by atoms with Gasteiger partial charge in [0.05, 0.1) is 0 Å². The zero-order valence-electron chi connectivity index (χ0n) is 12.5. The van der Waals surface area contributed by atoms with Crippen molar-refractivity contribution in [1.29, 1.82) is 0 Å². The summed E-state index contributed by atoms with van der Waals surface area (Å²) in [5.41, 5.74) is 6.92. The molecule has 0 spiro atoms. The van der Waals surface area contributed by atoms with Crippen molar-refractivity contribution in [2.24, 2.45) is 5.73 Å². The predicted molar refractivity (Wildman–Crippen MR) is 83.1 cm³/mol. The van der Waals surface area contributed by atoms with Gasteiger partial charge in [-0.2, -0.15) is 0 Å². The molecule has 1 aromatic rings. The van der Waals surface area contributed by atoms with E-state index < -0.39 is 0 Å². The highest BCUT2D eigenvalue weighted by atomic mass is 16.2. The van der Waals surface area contributed by atoms with E-state index in [1.807, 2.05) is 4.90 Å². The molecule has 114 valence electrons. The van der Waals surface area contributed by atoms with Crippen LogP contribution in [-0.4, -0.2) is 35.8 Å². The lowest BCUT2D eigenvalue weighted by Gasteiger charge is -2.35. The number of carbonyl (C=O) groups is 2. The Morgan fingerprint density at radius 3 is 2.90 bits per heavy atom. The van der Waals surface area contributed by atoms with Crippen LogP contribution in [-0.2, 0) is 4.79 Å². The zero-order chi connectivity index (χ0) is 15.2. The van der Waals surface area contributed by atoms with Crippen molar-refractivity contribution in [3.05, 3.63) is 29.8 Å². The minimum atomic E-state index is -0.140. The lowest BCUT2D eigenvalue weighted by molar-refractivity contribution is -0.114. The number of nitrogens with one attached hydrogen (secondary N) is 1. The molecule has 2 rings (SSSR count). The molecule has 1 heterocycles. The van der Waals surface area contributed by atoms with E-state index in [1.165, 1.54) is 6.92 Å². The lowest BCUT2D eigenvalue weighted by Crippen LogP contribution is -2.44. The van der Waals surface area contributed by atoms with Crippen LogP contribution >= 0.6 is 0 Å². The molecule has 1 saturated heterocycles. The molecule has 0 aliphatic carbocycles. The number of nitrogens with two attached hydrogens (primary N) is 1. The molecule has 21 heavy (non-hydrogen) atoms. The average molecular weight is 289 g/mol. The Morgan fingerprint density at radius 1 is 1.38 bits per heavy atom. The normalized spacial score (nSPS) is 18.4. The third-order valence-electron chi connectivity index (χ3n) is 3.82. The van der Waals surface area contributed by atoms with Crippen LogP contribution in [0.5, 0.6) is 0 Å². The second-order valence-electron chi connectivity index (χ2n) is 5.49. The maximum Gasteiger partial charge on any atom is 0.254 e. The lowest BCUT2D eigenvalue weighted by atomic mass is 9.98. The molecule has 1 fully saturated rings. The van der Waals surface area contributed by atoms with Gasteiger partial charge in [-0.1, -0.05) is 6.07 Å². The van der Waals surface area contributed by atoms with Gasteiger partial charge in [0.1, 0.15) is 0 Å². The summed E-state index contributed by atoms with van der Waals surface area (Å²) in [6.45, 7) is 2.84. The van der Waals surface area contributed by atoms with Gasteiger partial charge < -0.3 is 16.0 Å². The van der Waals surface area contributed by atoms with E-state index in [-0.39, 0.29) is 17.9 Å². The van der Waals surface area contributed by atoms with Gasteiger partial charge in [-0.3, -0.25) is 9.59 Å². The number of amides is 2. The number of nitrogens with zero attached hydrogens (tertiary/aromatic N) is 1. The number of hydrogen-bond acceptors (Lipinski definition) is 3. The average Bonchev–Trinajstić information content (AvgIpc) is 2.47. The van der Waals surface area contributed by atoms with Crippen molar-refractivity contribution in [2.45, 2.75) is 38.6 Å². The molecule has 5 nitrogen and oxygen atoms in total. The Morgan fingerprint density at radius 2 is 2.19 bits per heavy atom. The summed E-state index contributed by atoms with van der Waals surface area (Å²) >= 11 is 0. The van der Waals surface area contributed by atoms with Crippen molar-refractivity contribution >= 4 is 17.5 Å². The van der Waals surface area contributed by atoms with Crippen LogP contribution in [0.15, 0.2) is 24.3 Å². The highest BCUT2D eigenvalue weighted by Gasteiger charge is 2.26. The Kier molecular flexibility index (Phi) is 5.33. The van der Waals surface area contributed by atoms with Gasteiger partial charge in [0.25, 0.3) is 5.91 Å². The van der Waals surface area contributed by atoms with Gasteiger partial charge in [0, 0.05) is 30.8 Å². The Labute approximate surface area is 125 Å². The fraction of sp³-hybridized carbons (Fsp3) is 0.500. The molecule has 5 heteroatoms. The summed E-state index contributed by atoms with van der Waals surface area (Å²) in [6.07, 6.45) is 4.06. The quantitative estimate of drug-likeness (QED) is 0.890. The van der Waals surface area contributed by atoms with E-state index in [0.29, 0.717) is 17.8 Å². The van der Waals surface area contributed by atoms with Crippen molar-refractivity contribution in [2.75, 3.05) is 18.4 Å². The van der Waals surface area contributed by atoms with Crippen LogP contribution in [0, 0.1) is 0 Å². The van der Waals surface area contributed by atoms with Gasteiger partial charge in [0.15, 0.2) is 0 Å². The number of anilines is 1. The second-order valence-corrected chi connectivity index (χ2v) is 5.49. The minimum Gasteiger partial charge on any atom is -0.336 e. The zero-order valence-corrected chi connectivity index (χ0v) is 12.5. The van der Waals surface area contributed by atoms with E-state index in [1.54, 1.807) is 24.3 Å². The molecule has 1 aliphatic heterocycles. The molecule has 0 radical (unpaired) electrons. The minimum absolute atomic E-state index is 0.0281. The fourth-order valence-corrected chi connectivity index (χ4v) is 2.86. The highest BCUT2D eigenvalue weighted by Crippen LogP contribution is 2.22. The first-order valence-corrected chi connectivity index (χ1v) is 7.50. The monoisotopic (exact) mass is 289 g/mol. The fourth-order valence-electron chi connectivity index (χ4n) is 2.86. The number of piperidine rings is 1. The maximum atomic E-state index is 12.7. The van der Waals surface area contributed by atoms with E-state index in [4.69, 9.17) is 5.73 Å². The number of carbonyl (C=O) groups excluding carboxylic acids is 2. The molecule has 1 aliphatic rings. The molecule has 1 atom stereocenters. The number of benzene rings is 1. The summed E-state index contributed by atoms with van der Waals surface area (Å²) in [4.78, 5) is 25.7. The maximum absolute atomic E-state index is 12.7. The molecular formula is C16H23N3O2. The first kappa shape index (κ1) is 15.5. The number of rotatable bonds is 4. The third-order valence-corrected chi connectivity index (χ3v) is 3.82. The molecule has 0 aromatic heterocycles. The molecular weight excluding hydrogens is 266 g/mol. The SMILES string of the molecule is CC(=O)Nc1cccc(C(=O)N2CCCCC2CCN)c1. The smallest absolute Gasteiger partial charge is 0.254 e. The van der Waals surface area contributed by atoms with Crippen LogP contribution < -0.4 is 11.1 Å².